The molecule has 0 unspecified atom stereocenters. The number of carbonyl (C=O) groups excluding carboxylic acids is 1. The number of halogens is 1. The van der Waals surface area contributed by atoms with Gasteiger partial charge >= 0.3 is 0 Å². The fraction of sp³-hybridized carbons (Fsp3) is 0.364. The molecule has 0 heterocycles. The smallest absolute Gasteiger partial charge is 0.150 e. The molecular weight excluding hydrogens is 184 g/mol. The summed E-state index contributed by atoms with van der Waals surface area (Å²) in [6.45, 7) is 6.09. The minimum absolute atomic E-state index is 0.395. The Hall–Kier alpha value is -0.820. The zero-order chi connectivity index (χ0) is 10.0. The van der Waals surface area contributed by atoms with Crippen molar-refractivity contribution < 1.29 is 4.79 Å². The van der Waals surface area contributed by atoms with Crippen LogP contribution in [-0.4, -0.2) is 6.29 Å². The van der Waals surface area contributed by atoms with Gasteiger partial charge in [-0.2, -0.15) is 0 Å². The Labute approximate surface area is 83.7 Å². The molecule has 1 aromatic carbocycles. The van der Waals surface area contributed by atoms with E-state index in [2.05, 4.69) is 13.8 Å². The van der Waals surface area contributed by atoms with E-state index < -0.39 is 0 Å². The van der Waals surface area contributed by atoms with Gasteiger partial charge in [0.15, 0.2) is 0 Å². The van der Waals surface area contributed by atoms with Crippen molar-refractivity contribution in [1.29, 1.82) is 0 Å². The normalized spacial score (nSPS) is 10.5. The van der Waals surface area contributed by atoms with Gasteiger partial charge in [-0.3, -0.25) is 4.79 Å². The van der Waals surface area contributed by atoms with Crippen molar-refractivity contribution >= 4 is 17.9 Å². The van der Waals surface area contributed by atoms with Gasteiger partial charge in [0.25, 0.3) is 0 Å². The van der Waals surface area contributed by atoms with Gasteiger partial charge in [-0.25, -0.2) is 0 Å². The standard InChI is InChI=1S/C11H13ClO/c1-7(2)10-4-8(3)9(6-13)5-11(10)12/h4-7H,1-3H3. The number of aldehydes is 1. The topological polar surface area (TPSA) is 17.1 Å². The quantitative estimate of drug-likeness (QED) is 0.661. The second kappa shape index (κ2) is 3.93. The lowest BCUT2D eigenvalue weighted by Gasteiger charge is -2.10. The third-order valence-electron chi connectivity index (χ3n) is 2.13. The molecule has 1 aromatic rings. The summed E-state index contributed by atoms with van der Waals surface area (Å²) in [7, 11) is 0. The van der Waals surface area contributed by atoms with Crippen molar-refractivity contribution in [3.05, 3.63) is 33.8 Å². The summed E-state index contributed by atoms with van der Waals surface area (Å²) in [6, 6.07) is 3.72. The highest BCUT2D eigenvalue weighted by molar-refractivity contribution is 6.31. The molecule has 0 aliphatic rings. The van der Waals surface area contributed by atoms with Crippen LogP contribution in [0.5, 0.6) is 0 Å². The molecule has 0 aliphatic heterocycles. The van der Waals surface area contributed by atoms with Gasteiger partial charge in [0, 0.05) is 10.6 Å². The van der Waals surface area contributed by atoms with Crippen LogP contribution in [0.15, 0.2) is 12.1 Å². The van der Waals surface area contributed by atoms with E-state index in [9.17, 15) is 4.79 Å². The van der Waals surface area contributed by atoms with Crippen LogP contribution in [-0.2, 0) is 0 Å². The van der Waals surface area contributed by atoms with Crippen LogP contribution in [0.3, 0.4) is 0 Å². The molecule has 0 N–H and O–H groups in total. The Morgan fingerprint density at radius 3 is 2.46 bits per heavy atom. The molecule has 70 valence electrons. The maximum absolute atomic E-state index is 10.6. The van der Waals surface area contributed by atoms with E-state index in [1.807, 2.05) is 13.0 Å². The Balaban J connectivity index is 3.28. The summed E-state index contributed by atoms with van der Waals surface area (Å²) in [5.74, 6) is 0.395. The van der Waals surface area contributed by atoms with Crippen molar-refractivity contribution in [1.82, 2.24) is 0 Å². The summed E-state index contributed by atoms with van der Waals surface area (Å²) >= 11 is 6.02. The summed E-state index contributed by atoms with van der Waals surface area (Å²) in [6.07, 6.45) is 0.839. The van der Waals surface area contributed by atoms with Gasteiger partial charge in [-0.1, -0.05) is 31.5 Å². The molecule has 0 aliphatic carbocycles. The zero-order valence-corrected chi connectivity index (χ0v) is 8.85. The summed E-state index contributed by atoms with van der Waals surface area (Å²) in [5.41, 5.74) is 2.77. The average molecular weight is 197 g/mol. The van der Waals surface area contributed by atoms with Gasteiger partial charge in [0.2, 0.25) is 0 Å². The van der Waals surface area contributed by atoms with E-state index in [-0.39, 0.29) is 0 Å². The maximum Gasteiger partial charge on any atom is 0.150 e. The van der Waals surface area contributed by atoms with E-state index in [1.165, 1.54) is 0 Å². The molecule has 1 nitrogen and oxygen atoms in total. The monoisotopic (exact) mass is 196 g/mol. The van der Waals surface area contributed by atoms with Gasteiger partial charge in [0.1, 0.15) is 6.29 Å². The minimum atomic E-state index is 0.395. The molecule has 13 heavy (non-hydrogen) atoms. The van der Waals surface area contributed by atoms with Crippen molar-refractivity contribution in [3.8, 4) is 0 Å². The van der Waals surface area contributed by atoms with Gasteiger partial charge < -0.3 is 0 Å². The number of benzene rings is 1. The van der Waals surface area contributed by atoms with Crippen LogP contribution < -0.4 is 0 Å². The molecule has 0 radical (unpaired) electrons. The Morgan fingerprint density at radius 1 is 1.38 bits per heavy atom. The lowest BCUT2D eigenvalue weighted by atomic mass is 9.98. The van der Waals surface area contributed by atoms with Gasteiger partial charge in [0.05, 0.1) is 0 Å². The molecule has 2 heteroatoms. The third kappa shape index (κ3) is 2.10. The number of aryl methyl sites for hydroxylation is 1. The fourth-order valence-corrected chi connectivity index (χ4v) is 1.68. The van der Waals surface area contributed by atoms with Gasteiger partial charge in [-0.05, 0) is 30.0 Å². The highest BCUT2D eigenvalue weighted by Gasteiger charge is 2.07. The van der Waals surface area contributed by atoms with Crippen LogP contribution >= 0.6 is 11.6 Å². The van der Waals surface area contributed by atoms with Crippen LogP contribution in [0.4, 0.5) is 0 Å². The number of carbonyl (C=O) groups is 1. The fourth-order valence-electron chi connectivity index (χ4n) is 1.29. The maximum atomic E-state index is 10.6. The molecule has 0 saturated heterocycles. The average Bonchev–Trinajstić information content (AvgIpc) is 2.07. The van der Waals surface area contributed by atoms with E-state index in [4.69, 9.17) is 11.6 Å². The highest BCUT2D eigenvalue weighted by atomic mass is 35.5. The third-order valence-corrected chi connectivity index (χ3v) is 2.46. The van der Waals surface area contributed by atoms with Crippen LogP contribution in [0.25, 0.3) is 0 Å². The van der Waals surface area contributed by atoms with Gasteiger partial charge in [-0.15, -0.1) is 0 Å². The van der Waals surface area contributed by atoms with Crippen molar-refractivity contribution in [2.24, 2.45) is 0 Å². The molecule has 0 saturated carbocycles. The second-order valence-corrected chi connectivity index (χ2v) is 3.91. The number of rotatable bonds is 2. The van der Waals surface area contributed by atoms with Crippen molar-refractivity contribution in [3.63, 3.8) is 0 Å². The predicted molar refractivity (Wildman–Crippen MR) is 55.7 cm³/mol. The first kappa shape index (κ1) is 10.3. The largest absolute Gasteiger partial charge is 0.298 e. The number of hydrogen-bond donors (Lipinski definition) is 0. The van der Waals surface area contributed by atoms with Crippen LogP contribution in [0.2, 0.25) is 5.02 Å². The lowest BCUT2D eigenvalue weighted by Crippen LogP contribution is -1.94. The Bertz CT molecular complexity index is 329. The number of hydrogen-bond acceptors (Lipinski definition) is 1. The first-order valence-electron chi connectivity index (χ1n) is 4.31. The van der Waals surface area contributed by atoms with Crippen molar-refractivity contribution in [2.75, 3.05) is 0 Å². The molecule has 0 bridgehead atoms. The zero-order valence-electron chi connectivity index (χ0n) is 8.10. The van der Waals surface area contributed by atoms with Crippen molar-refractivity contribution in [2.45, 2.75) is 26.7 Å². The van der Waals surface area contributed by atoms with E-state index in [1.54, 1.807) is 6.07 Å². The first-order valence-corrected chi connectivity index (χ1v) is 4.69. The highest BCUT2D eigenvalue weighted by Crippen LogP contribution is 2.26. The van der Waals surface area contributed by atoms with E-state index in [0.717, 1.165) is 17.4 Å². The molecule has 0 aromatic heterocycles. The first-order chi connectivity index (χ1) is 6.06. The minimum Gasteiger partial charge on any atom is -0.298 e. The Kier molecular flexibility index (Phi) is 3.10. The molecule has 0 spiro atoms. The van der Waals surface area contributed by atoms with E-state index >= 15 is 0 Å². The van der Waals surface area contributed by atoms with Crippen LogP contribution in [0.1, 0.15) is 41.3 Å². The summed E-state index contributed by atoms with van der Waals surface area (Å²) in [4.78, 5) is 10.6. The molecular formula is C11H13ClO. The molecule has 1 rings (SSSR count). The summed E-state index contributed by atoms with van der Waals surface area (Å²) in [5, 5.41) is 0.683. The second-order valence-electron chi connectivity index (χ2n) is 3.50. The Morgan fingerprint density at radius 2 is 2.00 bits per heavy atom. The molecule has 0 atom stereocenters. The molecule has 0 amide bonds. The van der Waals surface area contributed by atoms with E-state index in [0.29, 0.717) is 16.5 Å². The predicted octanol–water partition coefficient (Wildman–Crippen LogP) is 3.58. The van der Waals surface area contributed by atoms with Crippen LogP contribution in [0, 0.1) is 6.92 Å². The lowest BCUT2D eigenvalue weighted by molar-refractivity contribution is 0.112. The summed E-state index contributed by atoms with van der Waals surface area (Å²) < 4.78 is 0. The molecule has 0 fully saturated rings. The SMILES string of the molecule is Cc1cc(C(C)C)c(Cl)cc1C=O.